The lowest BCUT2D eigenvalue weighted by molar-refractivity contribution is -0.323. The molecular formula is C30H34O12. The zero-order valence-corrected chi connectivity index (χ0v) is 22.7. The van der Waals surface area contributed by atoms with E-state index in [2.05, 4.69) is 0 Å². The molecule has 0 aromatic heterocycles. The van der Waals surface area contributed by atoms with Crippen molar-refractivity contribution in [3.8, 4) is 0 Å². The Morgan fingerprint density at radius 1 is 0.690 bits per heavy atom. The van der Waals surface area contributed by atoms with E-state index in [1.807, 2.05) is 12.1 Å². The fourth-order valence-corrected chi connectivity index (χ4v) is 4.40. The minimum Gasteiger partial charge on any atom is -0.453 e. The summed E-state index contributed by atoms with van der Waals surface area (Å²) in [6, 6.07) is 17.9. The molecule has 4 rings (SSSR count). The molecule has 0 radical (unpaired) electrons. The summed E-state index contributed by atoms with van der Waals surface area (Å²) >= 11 is 0. The molecule has 226 valence electrons. The van der Waals surface area contributed by atoms with Crippen molar-refractivity contribution in [2.24, 2.45) is 0 Å². The van der Waals surface area contributed by atoms with E-state index in [1.165, 1.54) is 19.1 Å². The highest BCUT2D eigenvalue weighted by atomic mass is 16.7. The molecule has 0 spiro atoms. The van der Waals surface area contributed by atoms with Crippen molar-refractivity contribution >= 4 is 24.1 Å². The van der Waals surface area contributed by atoms with Gasteiger partial charge in [0.25, 0.3) is 0 Å². The molecule has 2 heterocycles. The van der Waals surface area contributed by atoms with Gasteiger partial charge in [-0.25, -0.2) is 9.59 Å². The third-order valence-corrected chi connectivity index (χ3v) is 6.78. The summed E-state index contributed by atoms with van der Waals surface area (Å²) in [6.45, 7) is 0.982. The maximum Gasteiger partial charge on any atom is 0.333 e. The van der Waals surface area contributed by atoms with E-state index in [-0.39, 0.29) is 0 Å². The molecule has 2 aliphatic heterocycles. The van der Waals surface area contributed by atoms with Crippen LogP contribution in [0.15, 0.2) is 72.8 Å². The van der Waals surface area contributed by atoms with Crippen LogP contribution in [-0.4, -0.2) is 105 Å². The maximum absolute atomic E-state index is 12.4. The quantitative estimate of drug-likeness (QED) is 0.199. The van der Waals surface area contributed by atoms with Gasteiger partial charge in [-0.3, -0.25) is 0 Å². The van der Waals surface area contributed by atoms with E-state index in [1.54, 1.807) is 48.5 Å². The Labute approximate surface area is 242 Å². The van der Waals surface area contributed by atoms with Gasteiger partial charge in [-0.05, 0) is 30.2 Å². The van der Waals surface area contributed by atoms with Gasteiger partial charge in [0, 0.05) is 12.2 Å². The Morgan fingerprint density at radius 3 is 1.81 bits per heavy atom. The average molecular weight is 587 g/mol. The highest BCUT2D eigenvalue weighted by Gasteiger charge is 2.48. The van der Waals surface area contributed by atoms with Gasteiger partial charge in [-0.15, -0.1) is 0 Å². The number of hydrogen-bond donors (Lipinski definition) is 5. The molecule has 0 amide bonds. The summed E-state index contributed by atoms with van der Waals surface area (Å²) in [5.74, 6) is -1.69. The Balaban J connectivity index is 1.35. The van der Waals surface area contributed by atoms with Crippen LogP contribution in [0.3, 0.4) is 0 Å². The number of esters is 2. The smallest absolute Gasteiger partial charge is 0.333 e. The molecule has 2 aromatic rings. The second-order valence-corrected chi connectivity index (χ2v) is 9.87. The third-order valence-electron chi connectivity index (χ3n) is 6.78. The lowest BCUT2D eigenvalue weighted by Gasteiger charge is -2.42. The predicted molar refractivity (Wildman–Crippen MR) is 146 cm³/mol. The third kappa shape index (κ3) is 8.09. The summed E-state index contributed by atoms with van der Waals surface area (Å²) in [6.07, 6.45) is -9.68. The van der Waals surface area contributed by atoms with E-state index in [0.29, 0.717) is 0 Å². The first-order chi connectivity index (χ1) is 20.1. The minimum atomic E-state index is -1.76. The van der Waals surface area contributed by atoms with Gasteiger partial charge < -0.3 is 49.2 Å². The molecule has 2 fully saturated rings. The zero-order chi connectivity index (χ0) is 30.2. The van der Waals surface area contributed by atoms with Gasteiger partial charge in [0.15, 0.2) is 12.4 Å². The van der Waals surface area contributed by atoms with Crippen molar-refractivity contribution in [2.75, 3.05) is 6.61 Å². The largest absolute Gasteiger partial charge is 0.453 e. The zero-order valence-electron chi connectivity index (χ0n) is 22.7. The monoisotopic (exact) mass is 586 g/mol. The second-order valence-electron chi connectivity index (χ2n) is 9.87. The molecule has 2 aliphatic rings. The number of rotatable bonds is 9. The van der Waals surface area contributed by atoms with Crippen molar-refractivity contribution in [2.45, 2.75) is 68.3 Å². The number of carbonyl (C=O) groups is 2. The van der Waals surface area contributed by atoms with Crippen molar-refractivity contribution in [3.63, 3.8) is 0 Å². The molecular weight excluding hydrogens is 552 g/mol. The Bertz CT molecular complexity index is 1220. The number of ether oxygens (including phenoxy) is 5. The van der Waals surface area contributed by atoms with E-state index >= 15 is 0 Å². The first kappa shape index (κ1) is 31.5. The van der Waals surface area contributed by atoms with Crippen molar-refractivity contribution < 1.29 is 58.8 Å². The molecule has 42 heavy (non-hydrogen) atoms. The fraction of sp³-hybridized carbons (Fsp3) is 0.400. The van der Waals surface area contributed by atoms with Gasteiger partial charge in [0.05, 0.1) is 12.7 Å². The highest BCUT2D eigenvalue weighted by Crippen LogP contribution is 2.27. The van der Waals surface area contributed by atoms with Crippen LogP contribution in [-0.2, 0) is 33.3 Å². The summed E-state index contributed by atoms with van der Waals surface area (Å²) in [5, 5.41) is 52.3. The molecule has 10 unspecified atom stereocenters. The van der Waals surface area contributed by atoms with Gasteiger partial charge in [-0.2, -0.15) is 0 Å². The second kappa shape index (κ2) is 14.6. The van der Waals surface area contributed by atoms with Crippen LogP contribution in [0, 0.1) is 0 Å². The van der Waals surface area contributed by atoms with Crippen LogP contribution >= 0.6 is 0 Å². The summed E-state index contributed by atoms with van der Waals surface area (Å²) in [7, 11) is 0. The SMILES string of the molecule is CC1OC(OCC2OC(OC(=O)C=Cc3ccccc3)C(O)C(O)C2O)C(O)C(OC(=O)C=Cc2ccccc2)C1O. The molecule has 0 aliphatic carbocycles. The van der Waals surface area contributed by atoms with Crippen molar-refractivity contribution in [3.05, 3.63) is 83.9 Å². The molecule has 0 bridgehead atoms. The Kier molecular flexibility index (Phi) is 11.0. The number of carbonyl (C=O) groups excluding carboxylic acids is 2. The van der Waals surface area contributed by atoms with E-state index in [4.69, 9.17) is 23.7 Å². The topological polar surface area (TPSA) is 181 Å². The normalized spacial score (nSPS) is 33.5. The first-order valence-corrected chi connectivity index (χ1v) is 13.3. The number of benzene rings is 2. The van der Waals surface area contributed by atoms with Crippen LogP contribution in [0.25, 0.3) is 12.2 Å². The summed E-state index contributed by atoms with van der Waals surface area (Å²) in [4.78, 5) is 24.7. The van der Waals surface area contributed by atoms with Gasteiger partial charge in [-0.1, -0.05) is 60.7 Å². The molecule has 12 heteroatoms. The molecule has 2 aromatic carbocycles. The van der Waals surface area contributed by atoms with Gasteiger partial charge in [0.1, 0.15) is 36.6 Å². The van der Waals surface area contributed by atoms with E-state index in [0.717, 1.165) is 23.3 Å². The number of aliphatic hydroxyl groups excluding tert-OH is 5. The predicted octanol–water partition coefficient (Wildman–Crippen LogP) is 0.159. The standard InChI is InChI=1S/C30H34O12/c1-17-23(33)28(41-21(31)14-12-18-8-4-2-5-9-18)27(37)29(39-17)38-16-20-24(34)25(35)26(36)30(40-20)42-22(32)15-13-19-10-6-3-7-11-19/h2-15,17,20,23-30,33-37H,16H2,1H3. The lowest BCUT2D eigenvalue weighted by atomic mass is 9.98. The summed E-state index contributed by atoms with van der Waals surface area (Å²) < 4.78 is 27.0. The number of hydrogen-bond acceptors (Lipinski definition) is 12. The Hall–Kier alpha value is -3.46. The molecule has 12 nitrogen and oxygen atoms in total. The highest BCUT2D eigenvalue weighted by molar-refractivity contribution is 5.87. The van der Waals surface area contributed by atoms with E-state index in [9.17, 15) is 35.1 Å². The van der Waals surface area contributed by atoms with Crippen LogP contribution in [0.4, 0.5) is 0 Å². The van der Waals surface area contributed by atoms with Crippen molar-refractivity contribution in [1.29, 1.82) is 0 Å². The first-order valence-electron chi connectivity index (χ1n) is 13.3. The molecule has 10 atom stereocenters. The van der Waals surface area contributed by atoms with E-state index < -0.39 is 80.0 Å². The molecule has 2 saturated heterocycles. The molecule has 5 N–H and O–H groups in total. The van der Waals surface area contributed by atoms with Gasteiger partial charge in [0.2, 0.25) is 6.29 Å². The van der Waals surface area contributed by atoms with Gasteiger partial charge >= 0.3 is 11.9 Å². The van der Waals surface area contributed by atoms with Crippen molar-refractivity contribution in [1.82, 2.24) is 0 Å². The fourth-order valence-electron chi connectivity index (χ4n) is 4.40. The minimum absolute atomic E-state index is 0.502. The maximum atomic E-state index is 12.4. The van der Waals surface area contributed by atoms with Crippen LogP contribution in [0.1, 0.15) is 18.1 Å². The van der Waals surface area contributed by atoms with Crippen LogP contribution in [0.5, 0.6) is 0 Å². The molecule has 0 saturated carbocycles. The summed E-state index contributed by atoms with van der Waals surface area (Å²) in [5.41, 5.74) is 1.47. The Morgan fingerprint density at radius 2 is 1.24 bits per heavy atom. The van der Waals surface area contributed by atoms with Crippen LogP contribution < -0.4 is 0 Å². The lowest BCUT2D eigenvalue weighted by Crippen LogP contribution is -2.61. The number of aliphatic hydroxyl groups is 5. The van der Waals surface area contributed by atoms with Crippen LogP contribution in [0.2, 0.25) is 0 Å². The average Bonchev–Trinajstić information content (AvgIpc) is 3.00.